The number of nitrogens with one attached hydrogen (secondary N) is 1. The normalized spacial score (nSPS) is 10.7. The molecule has 160 valence electrons. The molecule has 0 bridgehead atoms. The number of carbonyl (C=O) groups excluding carboxylic acids is 2. The Kier molecular flexibility index (Phi) is 8.19. The predicted octanol–water partition coefficient (Wildman–Crippen LogP) is 2.76. The highest BCUT2D eigenvalue weighted by atomic mass is 16.2. The van der Waals surface area contributed by atoms with Gasteiger partial charge in [-0.3, -0.25) is 14.5 Å². The molecule has 0 atom stereocenters. The zero-order valence-electron chi connectivity index (χ0n) is 18.5. The first-order chi connectivity index (χ1) is 14.3. The Morgan fingerprint density at radius 2 is 1.80 bits per heavy atom. The fourth-order valence-electron chi connectivity index (χ4n) is 3.33. The average molecular weight is 410 g/mol. The monoisotopic (exact) mass is 409 g/mol. The molecule has 2 rings (SSSR count). The largest absolute Gasteiger partial charge is 0.348 e. The standard InChI is InChI=1S/C23H31N5O2/c1-6-12-27(16-22(30)26(4)5)15-21(29)25-23-20(13-24)17(2)18(3)28(23)14-19-10-8-7-9-11-19/h7-11H,6,12,14-16H2,1-5H3,(H,25,29). The van der Waals surface area contributed by atoms with Crippen molar-refractivity contribution in [1.29, 1.82) is 5.26 Å². The van der Waals surface area contributed by atoms with E-state index in [9.17, 15) is 14.9 Å². The van der Waals surface area contributed by atoms with Crippen LogP contribution in [0.3, 0.4) is 0 Å². The quantitative estimate of drug-likeness (QED) is 0.690. The molecule has 0 saturated heterocycles. The molecule has 2 aromatic rings. The van der Waals surface area contributed by atoms with E-state index < -0.39 is 0 Å². The maximum Gasteiger partial charge on any atom is 0.239 e. The summed E-state index contributed by atoms with van der Waals surface area (Å²) in [4.78, 5) is 28.3. The van der Waals surface area contributed by atoms with Crippen molar-refractivity contribution >= 4 is 17.6 Å². The van der Waals surface area contributed by atoms with Gasteiger partial charge in [-0.2, -0.15) is 5.26 Å². The zero-order valence-corrected chi connectivity index (χ0v) is 18.5. The summed E-state index contributed by atoms with van der Waals surface area (Å²) in [6.45, 7) is 7.33. The van der Waals surface area contributed by atoms with Gasteiger partial charge in [-0.05, 0) is 37.9 Å². The van der Waals surface area contributed by atoms with E-state index in [1.54, 1.807) is 14.1 Å². The Labute approximate surface area is 178 Å². The summed E-state index contributed by atoms with van der Waals surface area (Å²) in [5, 5.41) is 12.6. The highest BCUT2D eigenvalue weighted by Gasteiger charge is 2.21. The van der Waals surface area contributed by atoms with Crippen molar-refractivity contribution in [2.75, 3.05) is 39.0 Å². The first kappa shape index (κ1) is 23.2. The van der Waals surface area contributed by atoms with Crippen LogP contribution in [0.25, 0.3) is 0 Å². The molecule has 30 heavy (non-hydrogen) atoms. The van der Waals surface area contributed by atoms with E-state index in [1.165, 1.54) is 4.90 Å². The van der Waals surface area contributed by atoms with Gasteiger partial charge in [-0.1, -0.05) is 37.3 Å². The van der Waals surface area contributed by atoms with E-state index in [2.05, 4.69) is 11.4 Å². The molecule has 7 nitrogen and oxygen atoms in total. The van der Waals surface area contributed by atoms with Crippen LogP contribution in [0, 0.1) is 25.2 Å². The number of rotatable bonds is 9. The molecule has 1 heterocycles. The van der Waals surface area contributed by atoms with Crippen LogP contribution < -0.4 is 5.32 Å². The summed E-state index contributed by atoms with van der Waals surface area (Å²) in [6, 6.07) is 12.2. The van der Waals surface area contributed by atoms with E-state index in [-0.39, 0.29) is 24.9 Å². The Bertz CT molecular complexity index is 925. The lowest BCUT2D eigenvalue weighted by Gasteiger charge is -2.22. The van der Waals surface area contributed by atoms with Gasteiger partial charge in [-0.25, -0.2) is 0 Å². The van der Waals surface area contributed by atoms with Gasteiger partial charge in [0.2, 0.25) is 11.8 Å². The van der Waals surface area contributed by atoms with E-state index in [4.69, 9.17) is 0 Å². The van der Waals surface area contributed by atoms with Crippen molar-refractivity contribution < 1.29 is 9.59 Å². The fourth-order valence-corrected chi connectivity index (χ4v) is 3.33. The van der Waals surface area contributed by atoms with Crippen molar-refractivity contribution in [2.24, 2.45) is 0 Å². The van der Waals surface area contributed by atoms with Crippen LogP contribution in [0.2, 0.25) is 0 Å². The number of nitrogens with zero attached hydrogens (tertiary/aromatic N) is 4. The minimum atomic E-state index is -0.238. The maximum absolute atomic E-state index is 12.8. The van der Waals surface area contributed by atoms with Gasteiger partial charge < -0.3 is 14.8 Å². The number of carbonyl (C=O) groups is 2. The molecule has 7 heteroatoms. The number of hydrogen-bond acceptors (Lipinski definition) is 4. The molecule has 0 spiro atoms. The van der Waals surface area contributed by atoms with Crippen LogP contribution in [0.5, 0.6) is 0 Å². The lowest BCUT2D eigenvalue weighted by Crippen LogP contribution is -2.41. The summed E-state index contributed by atoms with van der Waals surface area (Å²) in [6.07, 6.45) is 0.833. The Morgan fingerprint density at radius 3 is 2.37 bits per heavy atom. The molecule has 0 aliphatic heterocycles. The number of amides is 2. The molecule has 0 saturated carbocycles. The first-order valence-electron chi connectivity index (χ1n) is 10.1. The first-order valence-corrected chi connectivity index (χ1v) is 10.1. The van der Waals surface area contributed by atoms with Crippen LogP contribution in [0.1, 0.15) is 35.7 Å². The number of aromatic nitrogens is 1. The minimum Gasteiger partial charge on any atom is -0.348 e. The van der Waals surface area contributed by atoms with Crippen LogP contribution in [-0.4, -0.2) is 59.9 Å². The van der Waals surface area contributed by atoms with E-state index in [0.717, 1.165) is 23.2 Å². The molecule has 0 unspecified atom stereocenters. The summed E-state index contributed by atoms with van der Waals surface area (Å²) in [5.74, 6) is 0.225. The Morgan fingerprint density at radius 1 is 1.13 bits per heavy atom. The lowest BCUT2D eigenvalue weighted by atomic mass is 10.2. The highest BCUT2D eigenvalue weighted by molar-refractivity contribution is 5.93. The van der Waals surface area contributed by atoms with Crippen molar-refractivity contribution in [3.8, 4) is 6.07 Å². The van der Waals surface area contributed by atoms with Gasteiger partial charge in [0.1, 0.15) is 11.9 Å². The van der Waals surface area contributed by atoms with Gasteiger partial charge >= 0.3 is 0 Å². The van der Waals surface area contributed by atoms with Crippen molar-refractivity contribution in [3.05, 3.63) is 52.7 Å². The highest BCUT2D eigenvalue weighted by Crippen LogP contribution is 2.27. The molecule has 1 N–H and O–H groups in total. The van der Waals surface area contributed by atoms with Gasteiger partial charge in [0, 0.05) is 26.3 Å². The maximum atomic E-state index is 12.8. The number of nitriles is 1. The van der Waals surface area contributed by atoms with Crippen LogP contribution in [0.4, 0.5) is 5.82 Å². The van der Waals surface area contributed by atoms with Crippen LogP contribution in [0.15, 0.2) is 30.3 Å². The second-order valence-electron chi connectivity index (χ2n) is 7.66. The lowest BCUT2D eigenvalue weighted by molar-refractivity contribution is -0.130. The molecular formula is C23H31N5O2. The van der Waals surface area contributed by atoms with Crippen LogP contribution in [-0.2, 0) is 16.1 Å². The Balaban J connectivity index is 2.25. The molecule has 0 aliphatic rings. The number of anilines is 1. The third kappa shape index (κ3) is 5.71. The number of benzene rings is 1. The minimum absolute atomic E-state index is 0.0481. The molecule has 1 aromatic heterocycles. The third-order valence-corrected chi connectivity index (χ3v) is 5.15. The molecule has 2 amide bonds. The summed E-state index contributed by atoms with van der Waals surface area (Å²) < 4.78 is 1.97. The zero-order chi connectivity index (χ0) is 22.3. The third-order valence-electron chi connectivity index (χ3n) is 5.15. The van der Waals surface area contributed by atoms with Crippen molar-refractivity contribution in [1.82, 2.24) is 14.4 Å². The SMILES string of the molecule is CCCN(CC(=O)Nc1c(C#N)c(C)c(C)n1Cc1ccccc1)CC(=O)N(C)C. The summed E-state index contributed by atoms with van der Waals surface area (Å²) in [7, 11) is 3.40. The van der Waals surface area contributed by atoms with Crippen LogP contribution >= 0.6 is 0 Å². The second kappa shape index (κ2) is 10.6. The van der Waals surface area contributed by atoms with E-state index in [1.807, 2.05) is 60.6 Å². The molecule has 0 radical (unpaired) electrons. The molecule has 0 aliphatic carbocycles. The molecule has 1 aromatic carbocycles. The molecular weight excluding hydrogens is 378 g/mol. The predicted molar refractivity (Wildman–Crippen MR) is 118 cm³/mol. The van der Waals surface area contributed by atoms with Gasteiger partial charge in [0.25, 0.3) is 0 Å². The molecule has 0 fully saturated rings. The van der Waals surface area contributed by atoms with Gasteiger partial charge in [-0.15, -0.1) is 0 Å². The van der Waals surface area contributed by atoms with Crippen molar-refractivity contribution in [3.63, 3.8) is 0 Å². The summed E-state index contributed by atoms with van der Waals surface area (Å²) in [5.41, 5.74) is 3.36. The van der Waals surface area contributed by atoms with E-state index >= 15 is 0 Å². The smallest absolute Gasteiger partial charge is 0.239 e. The fraction of sp³-hybridized carbons (Fsp3) is 0.435. The topological polar surface area (TPSA) is 81.4 Å². The number of hydrogen-bond donors (Lipinski definition) is 1. The van der Waals surface area contributed by atoms with Gasteiger partial charge in [0.15, 0.2) is 0 Å². The second-order valence-corrected chi connectivity index (χ2v) is 7.66. The average Bonchev–Trinajstić information content (AvgIpc) is 2.92. The summed E-state index contributed by atoms with van der Waals surface area (Å²) >= 11 is 0. The van der Waals surface area contributed by atoms with E-state index in [0.29, 0.717) is 24.5 Å². The number of likely N-dealkylation sites (N-methyl/N-ethyl adjacent to an activating group) is 1. The van der Waals surface area contributed by atoms with Crippen molar-refractivity contribution in [2.45, 2.75) is 33.7 Å². The Hall–Kier alpha value is -3.11. The van der Waals surface area contributed by atoms with Gasteiger partial charge in [0.05, 0.1) is 18.7 Å².